The van der Waals surface area contributed by atoms with Crippen LogP contribution in [0.2, 0.25) is 5.02 Å². The summed E-state index contributed by atoms with van der Waals surface area (Å²) in [5.41, 5.74) is 2.52. The molecular weight excluding hydrogens is 454 g/mol. The van der Waals surface area contributed by atoms with Gasteiger partial charge in [0, 0.05) is 10.7 Å². The standard InChI is InChI=1S/C26H18ClN3O2S/c1-17-7-13-20(14-8-17)29-24(31)22(16-28)26-30(21-5-3-2-4-6-21)25(32)23(33-26)15-18-9-11-19(27)12-10-18/h2-15H,1H3,(H,29,31)/b23-15-,26-22-. The van der Waals surface area contributed by atoms with Gasteiger partial charge in [-0.05, 0) is 55.0 Å². The number of amides is 1. The smallest absolute Gasteiger partial charge is 0.273 e. The molecule has 1 heterocycles. The Labute approximate surface area is 199 Å². The average Bonchev–Trinajstić information content (AvgIpc) is 3.13. The minimum atomic E-state index is -0.578. The second-order valence-corrected chi connectivity index (χ2v) is 8.72. The number of hydrogen-bond donors (Lipinski definition) is 1. The first-order valence-electron chi connectivity index (χ1n) is 10.0. The van der Waals surface area contributed by atoms with Crippen molar-refractivity contribution in [2.24, 2.45) is 0 Å². The highest BCUT2D eigenvalue weighted by Gasteiger charge is 2.17. The van der Waals surface area contributed by atoms with E-state index in [1.807, 2.05) is 31.2 Å². The number of thiazole rings is 1. The van der Waals surface area contributed by atoms with E-state index < -0.39 is 5.91 Å². The lowest BCUT2D eigenvalue weighted by Crippen LogP contribution is -2.32. The second kappa shape index (κ2) is 9.70. The van der Waals surface area contributed by atoms with Gasteiger partial charge >= 0.3 is 0 Å². The zero-order valence-corrected chi connectivity index (χ0v) is 19.2. The summed E-state index contributed by atoms with van der Waals surface area (Å²) in [4.78, 5) is 26.4. The van der Waals surface area contributed by atoms with Crippen LogP contribution < -0.4 is 20.1 Å². The zero-order valence-electron chi connectivity index (χ0n) is 17.6. The van der Waals surface area contributed by atoms with Crippen molar-refractivity contribution < 1.29 is 4.79 Å². The first kappa shape index (κ1) is 22.3. The highest BCUT2D eigenvalue weighted by molar-refractivity contribution is 7.07. The summed E-state index contributed by atoms with van der Waals surface area (Å²) < 4.78 is 2.06. The van der Waals surface area contributed by atoms with Gasteiger partial charge in [-0.25, -0.2) is 0 Å². The number of hydrogen-bond acceptors (Lipinski definition) is 4. The van der Waals surface area contributed by atoms with Crippen molar-refractivity contribution in [3.63, 3.8) is 0 Å². The van der Waals surface area contributed by atoms with Gasteiger partial charge < -0.3 is 5.32 Å². The van der Waals surface area contributed by atoms with Gasteiger partial charge in [-0.3, -0.25) is 14.2 Å². The molecular formula is C26H18ClN3O2S. The van der Waals surface area contributed by atoms with Crippen molar-refractivity contribution in [2.45, 2.75) is 6.92 Å². The molecule has 0 radical (unpaired) electrons. The van der Waals surface area contributed by atoms with E-state index in [9.17, 15) is 14.9 Å². The third kappa shape index (κ3) is 4.96. The van der Waals surface area contributed by atoms with Crippen molar-refractivity contribution in [3.05, 3.63) is 115 Å². The number of carbonyl (C=O) groups excluding carboxylic acids is 1. The number of rotatable bonds is 4. The molecule has 0 aliphatic carbocycles. The minimum absolute atomic E-state index is 0.141. The summed E-state index contributed by atoms with van der Waals surface area (Å²) in [6.45, 7) is 1.95. The first-order valence-corrected chi connectivity index (χ1v) is 11.2. The normalized spacial score (nSPS) is 12.2. The lowest BCUT2D eigenvalue weighted by Gasteiger charge is -2.06. The summed E-state index contributed by atoms with van der Waals surface area (Å²) in [5, 5.41) is 13.2. The Morgan fingerprint density at radius 2 is 1.70 bits per heavy atom. The first-order chi connectivity index (χ1) is 16.0. The van der Waals surface area contributed by atoms with E-state index >= 15 is 0 Å². The van der Waals surface area contributed by atoms with Crippen LogP contribution in [0, 0.1) is 18.3 Å². The molecule has 0 spiro atoms. The molecule has 0 bridgehead atoms. The molecule has 33 heavy (non-hydrogen) atoms. The molecule has 0 saturated carbocycles. The van der Waals surface area contributed by atoms with Gasteiger partial charge in [-0.15, -0.1) is 11.3 Å². The predicted octanol–water partition coefficient (Wildman–Crippen LogP) is 4.00. The van der Waals surface area contributed by atoms with Crippen molar-refractivity contribution in [1.29, 1.82) is 5.26 Å². The van der Waals surface area contributed by atoms with Crippen LogP contribution >= 0.6 is 22.9 Å². The molecule has 4 aromatic rings. The predicted molar refractivity (Wildman–Crippen MR) is 133 cm³/mol. The quantitative estimate of drug-likeness (QED) is 0.488. The lowest BCUT2D eigenvalue weighted by molar-refractivity contribution is -0.111. The Morgan fingerprint density at radius 1 is 1.03 bits per heavy atom. The van der Waals surface area contributed by atoms with Crippen molar-refractivity contribution >= 4 is 46.2 Å². The van der Waals surface area contributed by atoms with E-state index in [4.69, 9.17) is 11.6 Å². The topological polar surface area (TPSA) is 74.9 Å². The fraction of sp³-hybridized carbons (Fsp3) is 0.0385. The van der Waals surface area contributed by atoms with Crippen LogP contribution in [0.3, 0.4) is 0 Å². The van der Waals surface area contributed by atoms with Gasteiger partial charge in [0.25, 0.3) is 11.5 Å². The maximum absolute atomic E-state index is 13.4. The highest BCUT2D eigenvalue weighted by atomic mass is 35.5. The van der Waals surface area contributed by atoms with Crippen LogP contribution in [0.25, 0.3) is 17.3 Å². The van der Waals surface area contributed by atoms with Gasteiger partial charge in [0.1, 0.15) is 10.7 Å². The molecule has 0 unspecified atom stereocenters. The van der Waals surface area contributed by atoms with Gasteiger partial charge in [-0.2, -0.15) is 5.26 Å². The number of aryl methyl sites for hydroxylation is 1. The van der Waals surface area contributed by atoms with Crippen LogP contribution in [-0.4, -0.2) is 10.5 Å². The Kier molecular flexibility index (Phi) is 6.55. The molecule has 3 aromatic carbocycles. The molecule has 1 amide bonds. The molecule has 0 aliphatic rings. The fourth-order valence-electron chi connectivity index (χ4n) is 3.20. The zero-order chi connectivity index (χ0) is 23.4. The van der Waals surface area contributed by atoms with Crippen LogP contribution in [-0.2, 0) is 4.79 Å². The molecule has 162 valence electrons. The number of benzene rings is 3. The fourth-order valence-corrected chi connectivity index (χ4v) is 4.43. The van der Waals surface area contributed by atoms with Crippen LogP contribution in [0.15, 0.2) is 83.7 Å². The van der Waals surface area contributed by atoms with Crippen molar-refractivity contribution in [2.75, 3.05) is 5.32 Å². The summed E-state index contributed by atoms with van der Waals surface area (Å²) in [5.74, 6) is -0.578. The highest BCUT2D eigenvalue weighted by Crippen LogP contribution is 2.12. The molecule has 1 N–H and O–H groups in total. The maximum atomic E-state index is 13.4. The molecule has 0 fully saturated rings. The van der Waals surface area contributed by atoms with Crippen LogP contribution in [0.4, 0.5) is 5.69 Å². The van der Waals surface area contributed by atoms with Gasteiger partial charge in [0.2, 0.25) is 0 Å². The molecule has 0 saturated heterocycles. The SMILES string of the molecule is Cc1ccc(NC(=O)/C(C#N)=c2\s/c(=C\c3ccc(Cl)cc3)c(=O)n2-c2ccccc2)cc1. The number of nitriles is 1. The van der Waals surface area contributed by atoms with Crippen molar-refractivity contribution in [3.8, 4) is 11.8 Å². The Balaban J connectivity index is 1.93. The van der Waals surface area contributed by atoms with E-state index in [-0.39, 0.29) is 15.8 Å². The number of anilines is 1. The maximum Gasteiger partial charge on any atom is 0.273 e. The molecule has 0 atom stereocenters. The second-order valence-electron chi connectivity index (χ2n) is 7.25. The molecule has 0 aliphatic heterocycles. The number of nitrogens with zero attached hydrogens (tertiary/aromatic N) is 2. The number of para-hydroxylation sites is 1. The molecule has 7 heteroatoms. The van der Waals surface area contributed by atoms with E-state index in [1.165, 1.54) is 4.57 Å². The van der Waals surface area contributed by atoms with E-state index in [0.29, 0.717) is 20.9 Å². The van der Waals surface area contributed by atoms with Crippen LogP contribution in [0.5, 0.6) is 0 Å². The number of carbonyl (C=O) groups is 1. The van der Waals surface area contributed by atoms with E-state index in [0.717, 1.165) is 22.5 Å². The number of aromatic nitrogens is 1. The largest absolute Gasteiger partial charge is 0.321 e. The third-order valence-electron chi connectivity index (χ3n) is 4.87. The Morgan fingerprint density at radius 3 is 2.33 bits per heavy atom. The van der Waals surface area contributed by atoms with Crippen LogP contribution in [0.1, 0.15) is 11.1 Å². The number of nitrogens with one attached hydrogen (secondary N) is 1. The van der Waals surface area contributed by atoms with E-state index in [1.54, 1.807) is 66.7 Å². The average molecular weight is 472 g/mol. The summed E-state index contributed by atoms with van der Waals surface area (Å²) in [7, 11) is 0. The van der Waals surface area contributed by atoms with Crippen molar-refractivity contribution in [1.82, 2.24) is 4.57 Å². The molecule has 4 rings (SSSR count). The van der Waals surface area contributed by atoms with Gasteiger partial charge in [-0.1, -0.05) is 59.6 Å². The van der Waals surface area contributed by atoms with Gasteiger partial charge in [0.15, 0.2) is 5.57 Å². The van der Waals surface area contributed by atoms with E-state index in [2.05, 4.69) is 5.32 Å². The molecule has 5 nitrogen and oxygen atoms in total. The minimum Gasteiger partial charge on any atom is -0.321 e. The lowest BCUT2D eigenvalue weighted by atomic mass is 10.2. The monoisotopic (exact) mass is 471 g/mol. The number of halogens is 1. The molecule has 1 aromatic heterocycles. The summed E-state index contributed by atoms with van der Waals surface area (Å²) in [6.07, 6.45) is 1.72. The Bertz CT molecular complexity index is 1530. The third-order valence-corrected chi connectivity index (χ3v) is 6.21. The van der Waals surface area contributed by atoms with Gasteiger partial charge in [0.05, 0.1) is 10.2 Å². The Hall–Kier alpha value is -3.92. The summed E-state index contributed by atoms with van der Waals surface area (Å²) >= 11 is 7.06. The summed E-state index contributed by atoms with van der Waals surface area (Å²) in [6, 6.07) is 25.3.